The second-order valence-corrected chi connectivity index (χ2v) is 17.5. The topological polar surface area (TPSA) is 111 Å². The van der Waals surface area contributed by atoms with Crippen LogP contribution < -0.4 is 4.89 Å². The molecule has 10 heteroatoms. The first-order chi connectivity index (χ1) is 26.0. The second-order valence-electron chi connectivity index (χ2n) is 16.1. The van der Waals surface area contributed by atoms with Crippen LogP contribution in [-0.2, 0) is 32.7 Å². The molecule has 0 aliphatic heterocycles. The van der Waals surface area contributed by atoms with Crippen LogP contribution in [0.5, 0.6) is 0 Å². The molecule has 318 valence electrons. The molecule has 9 nitrogen and oxygen atoms in total. The van der Waals surface area contributed by atoms with E-state index in [-0.39, 0.29) is 26.1 Å². The van der Waals surface area contributed by atoms with E-state index < -0.39 is 32.5 Å². The lowest BCUT2D eigenvalue weighted by Gasteiger charge is -2.28. The third-order valence-electron chi connectivity index (χ3n) is 9.45. The summed E-state index contributed by atoms with van der Waals surface area (Å²) < 4.78 is 33.7. The van der Waals surface area contributed by atoms with Crippen molar-refractivity contribution < 1.29 is 42.1 Å². The maximum absolute atomic E-state index is 12.6. The molecule has 2 atom stereocenters. The average molecular weight is 786 g/mol. The molecule has 0 aliphatic rings. The largest absolute Gasteiger partial charge is 0.756 e. The van der Waals surface area contributed by atoms with Crippen LogP contribution in [-0.4, -0.2) is 70.0 Å². The van der Waals surface area contributed by atoms with E-state index in [1.54, 1.807) is 0 Å². The van der Waals surface area contributed by atoms with Gasteiger partial charge in [0.25, 0.3) is 7.82 Å². The van der Waals surface area contributed by atoms with Gasteiger partial charge in [-0.1, -0.05) is 160 Å². The number of ether oxygens (including phenoxy) is 2. The standard InChI is InChI=1S/C44H84NO8P/c1-6-8-10-12-14-15-16-17-18-19-20-21-22-23-24-25-26-27-28-29-31-33-35-37-44(47)53-42(41-52-54(48,49)51-39-38-45(3,4)5)40-50-43(46)36-34-32-30-13-11-9-7-2/h25-26,29,31,42H,6-24,27-28,30,32-41H2,1-5H3/b26-25+,31-29+/t42-/m1/s1. The molecule has 0 saturated carbocycles. The minimum Gasteiger partial charge on any atom is -0.756 e. The Morgan fingerprint density at radius 1 is 0.556 bits per heavy atom. The highest BCUT2D eigenvalue weighted by Gasteiger charge is 2.21. The first-order valence-corrected chi connectivity index (χ1v) is 23.5. The zero-order valence-corrected chi connectivity index (χ0v) is 36.6. The average Bonchev–Trinajstić information content (AvgIpc) is 3.12. The maximum atomic E-state index is 12.6. The highest BCUT2D eigenvalue weighted by Crippen LogP contribution is 2.38. The minimum atomic E-state index is -4.62. The van der Waals surface area contributed by atoms with Crippen molar-refractivity contribution in [2.24, 2.45) is 0 Å². The fourth-order valence-electron chi connectivity index (χ4n) is 5.97. The molecular weight excluding hydrogens is 701 g/mol. The number of unbranched alkanes of at least 4 members (excludes halogenated alkanes) is 22. The number of carbonyl (C=O) groups is 2. The summed E-state index contributed by atoms with van der Waals surface area (Å²) in [6.07, 6.45) is 39.6. The van der Waals surface area contributed by atoms with Crippen molar-refractivity contribution >= 4 is 19.8 Å². The molecule has 1 unspecified atom stereocenters. The third-order valence-corrected chi connectivity index (χ3v) is 10.4. The number of nitrogens with zero attached hydrogens (tertiary/aromatic N) is 1. The molecule has 0 aliphatic carbocycles. The zero-order chi connectivity index (χ0) is 40.0. The van der Waals surface area contributed by atoms with Crippen molar-refractivity contribution in [3.8, 4) is 0 Å². The maximum Gasteiger partial charge on any atom is 0.306 e. The second kappa shape index (κ2) is 37.1. The Labute approximate surface area is 332 Å². The van der Waals surface area contributed by atoms with Crippen LogP contribution in [0.1, 0.15) is 194 Å². The lowest BCUT2D eigenvalue weighted by atomic mass is 10.0. The van der Waals surface area contributed by atoms with Crippen molar-refractivity contribution in [2.75, 3.05) is 47.5 Å². The molecule has 0 aromatic rings. The summed E-state index contributed by atoms with van der Waals surface area (Å²) in [5.41, 5.74) is 0. The molecular formula is C44H84NO8P. The van der Waals surface area contributed by atoms with E-state index in [0.717, 1.165) is 51.4 Å². The molecule has 0 spiro atoms. The number of phosphoric ester groups is 1. The van der Waals surface area contributed by atoms with E-state index in [4.69, 9.17) is 18.5 Å². The quantitative estimate of drug-likeness (QED) is 0.0198. The van der Waals surface area contributed by atoms with Gasteiger partial charge in [0.2, 0.25) is 0 Å². The lowest BCUT2D eigenvalue weighted by molar-refractivity contribution is -0.870. The van der Waals surface area contributed by atoms with Crippen LogP contribution >= 0.6 is 7.82 Å². The molecule has 0 radical (unpaired) electrons. The van der Waals surface area contributed by atoms with Gasteiger partial charge in [0.1, 0.15) is 19.8 Å². The first-order valence-electron chi connectivity index (χ1n) is 22.0. The predicted octanol–water partition coefficient (Wildman–Crippen LogP) is 11.7. The molecule has 0 heterocycles. The SMILES string of the molecule is CCCCCCCCCCCCCCCC/C=C/CC/C=C/CCCC(=O)O[C@H](COC(=O)CCCCCCCCC)COP(=O)([O-])OCC[N+](C)(C)C. The number of phosphoric acid groups is 1. The van der Waals surface area contributed by atoms with Gasteiger partial charge >= 0.3 is 11.9 Å². The number of hydrogen-bond acceptors (Lipinski definition) is 8. The fraction of sp³-hybridized carbons (Fsp3) is 0.864. The number of rotatable bonds is 40. The molecule has 0 aromatic carbocycles. The van der Waals surface area contributed by atoms with Gasteiger partial charge < -0.3 is 27.9 Å². The summed E-state index contributed by atoms with van der Waals surface area (Å²) in [6, 6.07) is 0. The Balaban J connectivity index is 4.23. The molecule has 0 fully saturated rings. The zero-order valence-electron chi connectivity index (χ0n) is 35.7. The van der Waals surface area contributed by atoms with Gasteiger partial charge in [-0.3, -0.25) is 14.2 Å². The van der Waals surface area contributed by atoms with E-state index in [2.05, 4.69) is 38.2 Å². The van der Waals surface area contributed by atoms with E-state index in [9.17, 15) is 19.0 Å². The summed E-state index contributed by atoms with van der Waals surface area (Å²) in [7, 11) is 1.15. The molecule has 54 heavy (non-hydrogen) atoms. The van der Waals surface area contributed by atoms with Gasteiger partial charge in [0.15, 0.2) is 6.10 Å². The van der Waals surface area contributed by atoms with Crippen LogP contribution in [0.4, 0.5) is 0 Å². The normalized spacial score (nSPS) is 13.8. The third kappa shape index (κ3) is 40.2. The van der Waals surface area contributed by atoms with Crippen LogP contribution in [0, 0.1) is 0 Å². The van der Waals surface area contributed by atoms with Gasteiger partial charge in [0.05, 0.1) is 27.7 Å². The summed E-state index contributed by atoms with van der Waals surface area (Å²) in [5.74, 6) is -0.887. The molecule has 0 N–H and O–H groups in total. The van der Waals surface area contributed by atoms with Crippen LogP contribution in [0.15, 0.2) is 24.3 Å². The van der Waals surface area contributed by atoms with Crippen molar-refractivity contribution in [2.45, 2.75) is 200 Å². The summed E-state index contributed by atoms with van der Waals surface area (Å²) in [4.78, 5) is 37.3. The molecule has 0 bridgehead atoms. The Morgan fingerprint density at radius 2 is 0.981 bits per heavy atom. The Bertz CT molecular complexity index is 980. The Kier molecular flexibility index (Phi) is 36.1. The van der Waals surface area contributed by atoms with Crippen LogP contribution in [0.25, 0.3) is 0 Å². The van der Waals surface area contributed by atoms with Crippen molar-refractivity contribution in [3.05, 3.63) is 24.3 Å². The van der Waals surface area contributed by atoms with Gasteiger partial charge in [-0.05, 0) is 44.9 Å². The number of allylic oxidation sites excluding steroid dienone is 4. The Hall–Kier alpha value is -1.51. The number of likely N-dealkylation sites (N-methyl/N-ethyl adjacent to an activating group) is 1. The smallest absolute Gasteiger partial charge is 0.306 e. The molecule has 0 saturated heterocycles. The van der Waals surface area contributed by atoms with Gasteiger partial charge in [-0.2, -0.15) is 0 Å². The lowest BCUT2D eigenvalue weighted by Crippen LogP contribution is -2.37. The summed E-state index contributed by atoms with van der Waals surface area (Å²) >= 11 is 0. The van der Waals surface area contributed by atoms with Crippen molar-refractivity contribution in [3.63, 3.8) is 0 Å². The van der Waals surface area contributed by atoms with Gasteiger partial charge in [0, 0.05) is 12.8 Å². The summed E-state index contributed by atoms with van der Waals surface area (Å²) in [5, 5.41) is 0. The summed E-state index contributed by atoms with van der Waals surface area (Å²) in [6.45, 7) is 4.14. The molecule has 0 amide bonds. The van der Waals surface area contributed by atoms with Gasteiger partial charge in [-0.15, -0.1) is 0 Å². The highest BCUT2D eigenvalue weighted by atomic mass is 31.2. The molecule has 0 aromatic heterocycles. The van der Waals surface area contributed by atoms with Crippen LogP contribution in [0.2, 0.25) is 0 Å². The van der Waals surface area contributed by atoms with E-state index in [1.807, 2.05) is 21.1 Å². The number of quaternary nitrogens is 1. The number of hydrogen-bond donors (Lipinski definition) is 0. The van der Waals surface area contributed by atoms with E-state index in [0.29, 0.717) is 17.4 Å². The van der Waals surface area contributed by atoms with Crippen molar-refractivity contribution in [1.82, 2.24) is 0 Å². The number of esters is 2. The fourth-order valence-corrected chi connectivity index (χ4v) is 6.70. The van der Waals surface area contributed by atoms with Crippen molar-refractivity contribution in [1.29, 1.82) is 0 Å². The van der Waals surface area contributed by atoms with E-state index >= 15 is 0 Å². The van der Waals surface area contributed by atoms with E-state index in [1.165, 1.54) is 109 Å². The molecule has 0 rings (SSSR count). The van der Waals surface area contributed by atoms with Crippen LogP contribution in [0.3, 0.4) is 0 Å². The number of carbonyl (C=O) groups excluding carboxylic acids is 2. The van der Waals surface area contributed by atoms with Gasteiger partial charge in [-0.25, -0.2) is 0 Å². The first kappa shape index (κ1) is 52.5. The monoisotopic (exact) mass is 786 g/mol. The highest BCUT2D eigenvalue weighted by molar-refractivity contribution is 7.45. The Morgan fingerprint density at radius 3 is 1.48 bits per heavy atom. The predicted molar refractivity (Wildman–Crippen MR) is 222 cm³/mol. The minimum absolute atomic E-state index is 0.0362.